The Morgan fingerprint density at radius 2 is 1.84 bits per heavy atom. The van der Waals surface area contributed by atoms with E-state index in [1.807, 2.05) is 6.92 Å². The van der Waals surface area contributed by atoms with Gasteiger partial charge in [0, 0.05) is 12.5 Å². The molecule has 9 nitrogen and oxygen atoms in total. The molecule has 0 spiro atoms. The second-order valence-corrected chi connectivity index (χ2v) is 8.77. The predicted molar refractivity (Wildman–Crippen MR) is 105 cm³/mol. The van der Waals surface area contributed by atoms with E-state index in [1.165, 1.54) is 0 Å². The van der Waals surface area contributed by atoms with E-state index in [9.17, 15) is 37.5 Å². The molecule has 1 saturated heterocycles. The summed E-state index contributed by atoms with van der Waals surface area (Å²) in [5, 5.41) is 17.2. The summed E-state index contributed by atoms with van der Waals surface area (Å²) in [6.45, 7) is 2.55. The molecule has 0 aromatic rings. The van der Waals surface area contributed by atoms with Gasteiger partial charge in [-0.05, 0) is 43.9 Å². The van der Waals surface area contributed by atoms with Crippen LogP contribution in [-0.2, 0) is 23.9 Å². The molecule has 4 N–H and O–H groups in total. The number of rotatable bonds is 12. The number of hydrogen-bond donors (Lipinski definition) is 4. The highest BCUT2D eigenvalue weighted by atomic mass is 19.4. The van der Waals surface area contributed by atoms with Gasteiger partial charge in [-0.1, -0.05) is 13.8 Å². The number of ether oxygens (including phenoxy) is 1. The third kappa shape index (κ3) is 8.05. The minimum atomic E-state index is -5.03. The third-order valence-electron chi connectivity index (χ3n) is 5.89. The Labute approximate surface area is 183 Å². The van der Waals surface area contributed by atoms with Gasteiger partial charge in [0.25, 0.3) is 0 Å². The molecule has 0 aromatic heterocycles. The monoisotopic (exact) mass is 465 g/mol. The van der Waals surface area contributed by atoms with Crippen LogP contribution in [0.2, 0.25) is 0 Å². The van der Waals surface area contributed by atoms with Gasteiger partial charge < -0.3 is 21.1 Å². The Morgan fingerprint density at radius 1 is 1.22 bits per heavy atom. The lowest BCUT2D eigenvalue weighted by molar-refractivity contribution is -0.321. The van der Waals surface area contributed by atoms with Crippen molar-refractivity contribution >= 4 is 23.5 Å². The topological polar surface area (TPSA) is 134 Å². The summed E-state index contributed by atoms with van der Waals surface area (Å²) in [6, 6.07) is -2.49. The molecule has 4 atom stereocenters. The zero-order valence-corrected chi connectivity index (χ0v) is 18.1. The standard InChI is InChI=1S/C20H30F3N3O6/c1-3-14(27)18(31)26-13(9-19(2)5-6-19)17(30)25-12(8-11-4-7-24-16(11)29)15(28)10-32-20(21,22)23/h11-14,27H,3-10H2,1-2H3,(H,24,29)(H,25,30)(H,26,31)/t11-,12-,13+,14+/m0/s1. The lowest BCUT2D eigenvalue weighted by Gasteiger charge is -2.26. The lowest BCUT2D eigenvalue weighted by atomic mass is 9.94. The third-order valence-corrected chi connectivity index (χ3v) is 5.89. The summed E-state index contributed by atoms with van der Waals surface area (Å²) in [4.78, 5) is 49.4. The van der Waals surface area contributed by atoms with E-state index >= 15 is 0 Å². The highest BCUT2D eigenvalue weighted by Crippen LogP contribution is 2.48. The number of hydrogen-bond acceptors (Lipinski definition) is 6. The maximum Gasteiger partial charge on any atom is 0.522 e. The van der Waals surface area contributed by atoms with Gasteiger partial charge in [0.05, 0.1) is 6.04 Å². The summed E-state index contributed by atoms with van der Waals surface area (Å²) in [5.41, 5.74) is -0.198. The maximum atomic E-state index is 12.9. The summed E-state index contributed by atoms with van der Waals surface area (Å²) >= 11 is 0. The zero-order chi connectivity index (χ0) is 24.1. The number of alkyl halides is 3. The number of ketones is 1. The van der Waals surface area contributed by atoms with Gasteiger partial charge in [0.2, 0.25) is 17.7 Å². The van der Waals surface area contributed by atoms with Crippen molar-refractivity contribution in [3.63, 3.8) is 0 Å². The van der Waals surface area contributed by atoms with Gasteiger partial charge in [-0.3, -0.25) is 23.9 Å². The molecule has 2 rings (SSSR count). The molecule has 1 aliphatic heterocycles. The highest BCUT2D eigenvalue weighted by Gasteiger charge is 2.43. The predicted octanol–water partition coefficient (Wildman–Crippen LogP) is 0.549. The van der Waals surface area contributed by atoms with Crippen LogP contribution in [0, 0.1) is 11.3 Å². The zero-order valence-electron chi connectivity index (χ0n) is 18.1. The molecular formula is C20H30F3N3O6. The molecular weight excluding hydrogens is 435 g/mol. The summed E-state index contributed by atoms with van der Waals surface area (Å²) < 4.78 is 40.8. The Morgan fingerprint density at radius 3 is 2.34 bits per heavy atom. The van der Waals surface area contributed by atoms with Crippen molar-refractivity contribution in [2.75, 3.05) is 13.2 Å². The molecule has 2 aliphatic rings. The van der Waals surface area contributed by atoms with Gasteiger partial charge >= 0.3 is 6.36 Å². The number of aliphatic hydroxyl groups excluding tert-OH is 1. The van der Waals surface area contributed by atoms with Crippen LogP contribution in [0.1, 0.15) is 52.4 Å². The summed E-state index contributed by atoms with van der Waals surface area (Å²) in [7, 11) is 0. The number of amides is 3. The van der Waals surface area contributed by atoms with Crippen LogP contribution in [0.25, 0.3) is 0 Å². The number of halogens is 3. The van der Waals surface area contributed by atoms with Gasteiger partial charge in [-0.25, -0.2) is 0 Å². The molecule has 12 heteroatoms. The average molecular weight is 465 g/mol. The van der Waals surface area contributed by atoms with Crippen molar-refractivity contribution in [3.8, 4) is 0 Å². The molecule has 0 aromatic carbocycles. The molecule has 3 amide bonds. The average Bonchev–Trinajstić information content (AvgIpc) is 3.31. The van der Waals surface area contributed by atoms with Gasteiger partial charge in [-0.2, -0.15) is 0 Å². The molecule has 1 aliphatic carbocycles. The largest absolute Gasteiger partial charge is 0.522 e. The normalized spacial score (nSPS) is 22.4. The second-order valence-electron chi connectivity index (χ2n) is 8.77. The molecule has 0 radical (unpaired) electrons. The lowest BCUT2D eigenvalue weighted by Crippen LogP contribution is -2.54. The van der Waals surface area contributed by atoms with Crippen molar-refractivity contribution in [1.29, 1.82) is 0 Å². The first-order valence-electron chi connectivity index (χ1n) is 10.6. The Kier molecular flexibility index (Phi) is 8.63. The number of carbonyl (C=O) groups is 4. The molecule has 32 heavy (non-hydrogen) atoms. The minimum absolute atomic E-state index is 0.129. The quantitative estimate of drug-likeness (QED) is 0.333. The van der Waals surface area contributed by atoms with Crippen molar-refractivity contribution in [2.24, 2.45) is 11.3 Å². The maximum absolute atomic E-state index is 12.9. The fraction of sp³-hybridized carbons (Fsp3) is 0.800. The number of nitrogens with one attached hydrogen (secondary N) is 3. The summed E-state index contributed by atoms with van der Waals surface area (Å²) in [6.07, 6.45) is -4.14. The Bertz CT molecular complexity index is 726. The van der Waals surface area contributed by atoms with E-state index < -0.39 is 54.7 Å². The van der Waals surface area contributed by atoms with Crippen molar-refractivity contribution in [2.45, 2.75) is 76.9 Å². The second kappa shape index (κ2) is 10.6. The number of Topliss-reactive ketones (excluding diaryl/α,β-unsaturated/α-hetero) is 1. The van der Waals surface area contributed by atoms with Gasteiger partial charge in [0.15, 0.2) is 5.78 Å². The van der Waals surface area contributed by atoms with E-state index in [-0.39, 0.29) is 30.6 Å². The molecule has 0 unspecified atom stereocenters. The van der Waals surface area contributed by atoms with Crippen molar-refractivity contribution in [3.05, 3.63) is 0 Å². The van der Waals surface area contributed by atoms with E-state index in [4.69, 9.17) is 0 Å². The first-order chi connectivity index (χ1) is 14.8. The van der Waals surface area contributed by atoms with Gasteiger partial charge in [-0.15, -0.1) is 13.2 Å². The van der Waals surface area contributed by atoms with Crippen LogP contribution in [0.3, 0.4) is 0 Å². The van der Waals surface area contributed by atoms with E-state index in [0.29, 0.717) is 13.0 Å². The Balaban J connectivity index is 2.12. The molecule has 2 fully saturated rings. The minimum Gasteiger partial charge on any atom is -0.383 e. The number of carbonyl (C=O) groups excluding carboxylic acids is 4. The fourth-order valence-corrected chi connectivity index (χ4v) is 3.52. The highest BCUT2D eigenvalue weighted by molar-refractivity contribution is 5.94. The van der Waals surface area contributed by atoms with E-state index in [1.54, 1.807) is 6.92 Å². The van der Waals surface area contributed by atoms with Crippen LogP contribution >= 0.6 is 0 Å². The molecule has 1 saturated carbocycles. The van der Waals surface area contributed by atoms with Crippen LogP contribution in [0.5, 0.6) is 0 Å². The first-order valence-corrected chi connectivity index (χ1v) is 10.6. The SMILES string of the molecule is CC[C@@H](O)C(=O)N[C@H](CC1(C)CC1)C(=O)N[C@@H](C[C@@H]1CCNC1=O)C(=O)COC(F)(F)F. The van der Waals surface area contributed by atoms with E-state index in [2.05, 4.69) is 20.7 Å². The van der Waals surface area contributed by atoms with Crippen LogP contribution in [0.15, 0.2) is 0 Å². The van der Waals surface area contributed by atoms with Gasteiger partial charge in [0.1, 0.15) is 18.8 Å². The van der Waals surface area contributed by atoms with Crippen molar-refractivity contribution in [1.82, 2.24) is 16.0 Å². The fourth-order valence-electron chi connectivity index (χ4n) is 3.52. The smallest absolute Gasteiger partial charge is 0.383 e. The van der Waals surface area contributed by atoms with Crippen LogP contribution < -0.4 is 16.0 Å². The van der Waals surface area contributed by atoms with E-state index in [0.717, 1.165) is 12.8 Å². The molecule has 1 heterocycles. The molecule has 0 bridgehead atoms. The van der Waals surface area contributed by atoms with Crippen molar-refractivity contribution < 1.29 is 42.2 Å². The summed E-state index contributed by atoms with van der Waals surface area (Å²) in [5.74, 6) is -3.55. The molecule has 182 valence electrons. The Hall–Kier alpha value is -2.21. The first kappa shape index (κ1) is 26.0. The van der Waals surface area contributed by atoms with Crippen LogP contribution in [-0.4, -0.2) is 66.3 Å². The number of aliphatic hydroxyl groups is 1. The van der Waals surface area contributed by atoms with Crippen LogP contribution in [0.4, 0.5) is 13.2 Å².